The first-order valence-corrected chi connectivity index (χ1v) is 45.2. The molecule has 0 aliphatic heterocycles. The lowest BCUT2D eigenvalue weighted by Crippen LogP contribution is -2.30. The van der Waals surface area contributed by atoms with Gasteiger partial charge in [0, 0.05) is 25.7 Å². The Hall–Kier alpha value is -1.94. The maximum Gasteiger partial charge on any atom is 0.472 e. The molecule has 0 amide bonds. The highest BCUT2D eigenvalue weighted by molar-refractivity contribution is 7.47. The summed E-state index contributed by atoms with van der Waals surface area (Å²) in [5.41, 5.74) is 0. The molecule has 0 aromatic rings. The average molecular weight is 1480 g/mol. The number of rotatable bonds is 79. The molecule has 0 spiro atoms. The Morgan fingerprint density at radius 3 is 0.614 bits per heavy atom. The summed E-state index contributed by atoms with van der Waals surface area (Å²) in [6.07, 6.45) is 58.6. The molecule has 0 rings (SSSR count). The largest absolute Gasteiger partial charge is 0.472 e. The van der Waals surface area contributed by atoms with Gasteiger partial charge < -0.3 is 33.8 Å². The van der Waals surface area contributed by atoms with E-state index < -0.39 is 97.5 Å². The van der Waals surface area contributed by atoms with Crippen LogP contribution in [0.4, 0.5) is 0 Å². The predicted octanol–water partition coefficient (Wildman–Crippen LogP) is 24.4. The Labute approximate surface area is 619 Å². The number of esters is 4. The van der Waals surface area contributed by atoms with Crippen molar-refractivity contribution in [3.05, 3.63) is 0 Å². The van der Waals surface area contributed by atoms with Gasteiger partial charge in [-0.15, -0.1) is 0 Å². The van der Waals surface area contributed by atoms with Crippen molar-refractivity contribution in [2.75, 3.05) is 39.6 Å². The zero-order chi connectivity index (χ0) is 74.6. The highest BCUT2D eigenvalue weighted by Gasteiger charge is 2.30. The summed E-state index contributed by atoms with van der Waals surface area (Å²) >= 11 is 0. The van der Waals surface area contributed by atoms with Crippen molar-refractivity contribution in [2.45, 2.75) is 440 Å². The zero-order valence-electron chi connectivity index (χ0n) is 66.5. The topological polar surface area (TPSA) is 237 Å². The van der Waals surface area contributed by atoms with Crippen molar-refractivity contribution in [2.24, 2.45) is 23.7 Å². The molecule has 600 valence electrons. The molecule has 3 unspecified atom stereocenters. The Bertz CT molecular complexity index is 1970. The normalized spacial score (nSPS) is 14.0. The number of aliphatic hydroxyl groups is 1. The van der Waals surface area contributed by atoms with Gasteiger partial charge in [0.05, 0.1) is 26.4 Å². The zero-order valence-corrected chi connectivity index (χ0v) is 68.3. The fraction of sp³-hybridized carbons (Fsp3) is 0.951. The Morgan fingerprint density at radius 1 is 0.248 bits per heavy atom. The number of carbonyl (C=O) groups excluding carboxylic acids is 4. The third-order valence-corrected chi connectivity index (χ3v) is 21.0. The molecule has 101 heavy (non-hydrogen) atoms. The van der Waals surface area contributed by atoms with E-state index in [-0.39, 0.29) is 25.7 Å². The molecule has 0 radical (unpaired) electrons. The van der Waals surface area contributed by atoms with Crippen LogP contribution in [0.1, 0.15) is 421 Å². The molecule has 0 aromatic carbocycles. The minimum atomic E-state index is -4.96. The summed E-state index contributed by atoms with van der Waals surface area (Å²) in [6.45, 7) is 14.2. The lowest BCUT2D eigenvalue weighted by molar-refractivity contribution is -0.161. The molecule has 0 aliphatic carbocycles. The van der Waals surface area contributed by atoms with Gasteiger partial charge in [0.1, 0.15) is 19.3 Å². The van der Waals surface area contributed by atoms with Gasteiger partial charge in [0.25, 0.3) is 0 Å². The molecule has 0 aromatic heterocycles. The molecule has 0 aliphatic rings. The van der Waals surface area contributed by atoms with Crippen LogP contribution in [0.5, 0.6) is 0 Å². The monoisotopic (exact) mass is 1480 g/mol. The molecule has 0 bridgehead atoms. The number of ether oxygens (including phenoxy) is 4. The minimum Gasteiger partial charge on any atom is -0.462 e. The number of phosphoric ester groups is 2. The van der Waals surface area contributed by atoms with E-state index in [1.165, 1.54) is 218 Å². The summed E-state index contributed by atoms with van der Waals surface area (Å²) in [5.74, 6) is 0.940. The van der Waals surface area contributed by atoms with E-state index in [0.717, 1.165) is 108 Å². The van der Waals surface area contributed by atoms with Crippen LogP contribution in [-0.2, 0) is 65.4 Å². The fourth-order valence-electron chi connectivity index (χ4n) is 12.6. The smallest absolute Gasteiger partial charge is 0.462 e. The lowest BCUT2D eigenvalue weighted by atomic mass is 10.0. The van der Waals surface area contributed by atoms with Crippen LogP contribution in [0.2, 0.25) is 0 Å². The van der Waals surface area contributed by atoms with E-state index in [4.69, 9.17) is 37.0 Å². The lowest BCUT2D eigenvalue weighted by Gasteiger charge is -2.21. The highest BCUT2D eigenvalue weighted by Crippen LogP contribution is 2.45. The molecular formula is C82H160O17P2. The first-order valence-electron chi connectivity index (χ1n) is 42.2. The SMILES string of the molecule is CC(C)CCCCCCCCCCCCCCCCCCCCC(=O)O[C@H](COC(=O)CCCCCCCCCC(C)C)COP(=O)(O)OCC(O)COP(=O)(O)OC[C@@H](COC(=O)CCCCCCCCCCCCCCCCCCC(C)C)OC(=O)CCCCCCCCCCC(C)C. The summed E-state index contributed by atoms with van der Waals surface area (Å²) in [4.78, 5) is 73.0. The van der Waals surface area contributed by atoms with Gasteiger partial charge in [-0.1, -0.05) is 370 Å². The second-order valence-corrected chi connectivity index (χ2v) is 34.3. The molecular weight excluding hydrogens is 1320 g/mol. The number of aliphatic hydroxyl groups excluding tert-OH is 1. The molecule has 0 heterocycles. The average Bonchev–Trinajstić information content (AvgIpc) is 0.922. The number of hydrogen-bond acceptors (Lipinski definition) is 15. The van der Waals surface area contributed by atoms with E-state index in [0.29, 0.717) is 37.5 Å². The quantitative estimate of drug-likeness (QED) is 0.0222. The van der Waals surface area contributed by atoms with Crippen molar-refractivity contribution in [3.8, 4) is 0 Å². The van der Waals surface area contributed by atoms with E-state index in [1.54, 1.807) is 0 Å². The molecule has 17 nitrogen and oxygen atoms in total. The van der Waals surface area contributed by atoms with Gasteiger partial charge in [0.2, 0.25) is 0 Å². The third-order valence-electron chi connectivity index (χ3n) is 19.1. The third kappa shape index (κ3) is 76.1. The first kappa shape index (κ1) is 99.1. The molecule has 0 saturated carbocycles. The van der Waals surface area contributed by atoms with Crippen LogP contribution < -0.4 is 0 Å². The van der Waals surface area contributed by atoms with Crippen LogP contribution >= 0.6 is 15.6 Å². The fourth-order valence-corrected chi connectivity index (χ4v) is 14.2. The number of phosphoric acid groups is 2. The molecule has 5 atom stereocenters. The summed E-state index contributed by atoms with van der Waals surface area (Å²) in [5, 5.41) is 10.6. The van der Waals surface area contributed by atoms with Gasteiger partial charge >= 0.3 is 39.5 Å². The Balaban J connectivity index is 5.15. The molecule has 0 saturated heterocycles. The maximum absolute atomic E-state index is 13.1. The van der Waals surface area contributed by atoms with Crippen molar-refractivity contribution < 1.29 is 80.2 Å². The molecule has 0 fully saturated rings. The first-order chi connectivity index (χ1) is 48.6. The number of hydrogen-bond donors (Lipinski definition) is 3. The standard InChI is InChI=1S/C82H160O17P2/c1-72(2)58-50-42-34-27-23-19-15-11-9-10-12-18-22-26-30-39-48-56-64-81(86)98-78(69-93-80(85)63-55-47-41-33-37-45-53-61-75(7)8)71-97-101(90,91)95-67-76(83)66-94-100(88,89)96-70-77(99-82(87)65-57-49-40-32-31-36-44-52-60-74(5)6)68-92-79(84)62-54-46-38-29-25-21-17-14-13-16-20-24-28-35-43-51-59-73(3)4/h72-78,83H,9-71H2,1-8H3,(H,88,89)(H,90,91)/t76?,77-,78-/m1/s1. The van der Waals surface area contributed by atoms with Crippen molar-refractivity contribution in [1.29, 1.82) is 0 Å². The van der Waals surface area contributed by atoms with Crippen molar-refractivity contribution in [3.63, 3.8) is 0 Å². The van der Waals surface area contributed by atoms with Gasteiger partial charge in [-0.05, 0) is 49.4 Å². The van der Waals surface area contributed by atoms with Gasteiger partial charge in [-0.3, -0.25) is 37.3 Å². The van der Waals surface area contributed by atoms with E-state index in [9.17, 15) is 43.2 Å². The van der Waals surface area contributed by atoms with Gasteiger partial charge in [-0.2, -0.15) is 0 Å². The van der Waals surface area contributed by atoms with Crippen LogP contribution in [-0.4, -0.2) is 96.7 Å². The van der Waals surface area contributed by atoms with Crippen LogP contribution in [0.25, 0.3) is 0 Å². The summed E-state index contributed by atoms with van der Waals surface area (Å²) < 4.78 is 68.7. The highest BCUT2D eigenvalue weighted by atomic mass is 31.2. The van der Waals surface area contributed by atoms with Gasteiger partial charge in [0.15, 0.2) is 12.2 Å². The minimum absolute atomic E-state index is 0.105. The summed E-state index contributed by atoms with van der Waals surface area (Å²) in [6, 6.07) is 0. The van der Waals surface area contributed by atoms with Crippen LogP contribution in [0, 0.1) is 23.7 Å². The van der Waals surface area contributed by atoms with Gasteiger partial charge in [-0.25, -0.2) is 9.13 Å². The second kappa shape index (κ2) is 71.0. The number of unbranched alkanes of at least 4 members (excludes halogenated alkanes) is 45. The molecule has 3 N–H and O–H groups in total. The van der Waals surface area contributed by atoms with E-state index in [2.05, 4.69) is 55.4 Å². The van der Waals surface area contributed by atoms with Crippen LogP contribution in [0.3, 0.4) is 0 Å². The van der Waals surface area contributed by atoms with Crippen molar-refractivity contribution in [1.82, 2.24) is 0 Å². The Kier molecular flexibility index (Phi) is 69.6. The second-order valence-electron chi connectivity index (χ2n) is 31.4. The van der Waals surface area contributed by atoms with Crippen LogP contribution in [0.15, 0.2) is 0 Å². The summed E-state index contributed by atoms with van der Waals surface area (Å²) in [7, 11) is -9.92. The van der Waals surface area contributed by atoms with Crippen molar-refractivity contribution >= 4 is 39.5 Å². The van der Waals surface area contributed by atoms with E-state index in [1.807, 2.05) is 0 Å². The predicted molar refractivity (Wildman–Crippen MR) is 414 cm³/mol. The number of carbonyl (C=O) groups is 4. The van der Waals surface area contributed by atoms with E-state index >= 15 is 0 Å². The maximum atomic E-state index is 13.1. The molecule has 19 heteroatoms. The Morgan fingerprint density at radius 2 is 0.416 bits per heavy atom.